The third-order valence-corrected chi connectivity index (χ3v) is 2.80. The standard InChI is InChI=1S/C15H11NO3/c17-12-9-14(18)19-13-8-4-7-11(15(12)13)16-10-5-2-1-3-6-10/h1-9,16-17H. The zero-order chi connectivity index (χ0) is 13.2. The summed E-state index contributed by atoms with van der Waals surface area (Å²) in [7, 11) is 0. The van der Waals surface area contributed by atoms with Gasteiger partial charge < -0.3 is 14.8 Å². The van der Waals surface area contributed by atoms with Crippen LogP contribution in [-0.2, 0) is 0 Å². The highest BCUT2D eigenvalue weighted by atomic mass is 16.4. The summed E-state index contributed by atoms with van der Waals surface area (Å²) in [6, 6.07) is 15.9. The van der Waals surface area contributed by atoms with E-state index < -0.39 is 5.63 Å². The lowest BCUT2D eigenvalue weighted by Gasteiger charge is -2.09. The highest BCUT2D eigenvalue weighted by Crippen LogP contribution is 2.31. The molecule has 0 aliphatic heterocycles. The fraction of sp³-hybridized carbons (Fsp3) is 0. The van der Waals surface area contributed by atoms with Crippen molar-refractivity contribution in [3.63, 3.8) is 0 Å². The summed E-state index contributed by atoms with van der Waals surface area (Å²) in [5.74, 6) is -0.0923. The van der Waals surface area contributed by atoms with E-state index in [4.69, 9.17) is 4.42 Å². The predicted octanol–water partition coefficient (Wildman–Crippen LogP) is 3.24. The lowest BCUT2D eigenvalue weighted by molar-refractivity contribution is 0.468. The van der Waals surface area contributed by atoms with Gasteiger partial charge in [0.25, 0.3) is 0 Å². The third-order valence-electron chi connectivity index (χ3n) is 2.80. The van der Waals surface area contributed by atoms with E-state index in [0.717, 1.165) is 11.8 Å². The highest BCUT2D eigenvalue weighted by molar-refractivity contribution is 5.96. The molecule has 2 N–H and O–H groups in total. The molecule has 4 heteroatoms. The minimum absolute atomic E-state index is 0.0923. The number of anilines is 2. The van der Waals surface area contributed by atoms with Crippen LogP contribution in [0.4, 0.5) is 11.4 Å². The molecule has 0 saturated heterocycles. The molecule has 19 heavy (non-hydrogen) atoms. The van der Waals surface area contributed by atoms with Crippen molar-refractivity contribution in [1.29, 1.82) is 0 Å². The minimum atomic E-state index is -0.568. The van der Waals surface area contributed by atoms with E-state index in [0.29, 0.717) is 16.7 Å². The van der Waals surface area contributed by atoms with Crippen LogP contribution in [0, 0.1) is 0 Å². The van der Waals surface area contributed by atoms with E-state index in [1.807, 2.05) is 36.4 Å². The Morgan fingerprint density at radius 2 is 1.79 bits per heavy atom. The monoisotopic (exact) mass is 253 g/mol. The summed E-state index contributed by atoms with van der Waals surface area (Å²) in [6.45, 7) is 0. The van der Waals surface area contributed by atoms with E-state index in [9.17, 15) is 9.90 Å². The zero-order valence-electron chi connectivity index (χ0n) is 9.96. The van der Waals surface area contributed by atoms with Crippen molar-refractivity contribution in [1.82, 2.24) is 0 Å². The quantitative estimate of drug-likeness (QED) is 0.688. The molecule has 0 aliphatic rings. The number of benzene rings is 2. The Hall–Kier alpha value is -2.75. The van der Waals surface area contributed by atoms with Gasteiger partial charge in [0.1, 0.15) is 11.3 Å². The molecule has 2 aromatic carbocycles. The van der Waals surface area contributed by atoms with Gasteiger partial charge in [0.15, 0.2) is 0 Å². The molecule has 0 amide bonds. The maximum Gasteiger partial charge on any atom is 0.339 e. The number of aromatic hydroxyl groups is 1. The van der Waals surface area contributed by atoms with Crippen LogP contribution < -0.4 is 10.9 Å². The number of para-hydroxylation sites is 1. The largest absolute Gasteiger partial charge is 0.507 e. The van der Waals surface area contributed by atoms with Gasteiger partial charge in [-0.05, 0) is 24.3 Å². The summed E-state index contributed by atoms with van der Waals surface area (Å²) in [5.41, 5.74) is 1.36. The van der Waals surface area contributed by atoms with Crippen molar-refractivity contribution in [2.75, 3.05) is 5.32 Å². The van der Waals surface area contributed by atoms with Crippen LogP contribution in [0.3, 0.4) is 0 Å². The van der Waals surface area contributed by atoms with Gasteiger partial charge in [-0.2, -0.15) is 0 Å². The van der Waals surface area contributed by atoms with E-state index in [2.05, 4.69) is 5.32 Å². The lowest BCUT2D eigenvalue weighted by atomic mass is 10.1. The van der Waals surface area contributed by atoms with Crippen molar-refractivity contribution in [2.24, 2.45) is 0 Å². The van der Waals surface area contributed by atoms with Crippen LogP contribution in [-0.4, -0.2) is 5.11 Å². The Morgan fingerprint density at radius 1 is 1.00 bits per heavy atom. The van der Waals surface area contributed by atoms with Gasteiger partial charge in [0, 0.05) is 5.69 Å². The normalized spacial score (nSPS) is 10.5. The maximum atomic E-state index is 11.2. The number of fused-ring (bicyclic) bond motifs is 1. The minimum Gasteiger partial charge on any atom is -0.507 e. The Balaban J connectivity index is 2.17. The number of rotatable bonds is 2. The highest BCUT2D eigenvalue weighted by Gasteiger charge is 2.09. The Labute approximate surface area is 108 Å². The molecule has 94 valence electrons. The topological polar surface area (TPSA) is 62.5 Å². The second kappa shape index (κ2) is 4.49. The molecule has 0 saturated carbocycles. The molecule has 0 aliphatic carbocycles. The molecular formula is C15H11NO3. The molecule has 1 aromatic heterocycles. The molecule has 0 fully saturated rings. The van der Waals surface area contributed by atoms with Crippen LogP contribution >= 0.6 is 0 Å². The summed E-state index contributed by atoms with van der Waals surface area (Å²) < 4.78 is 5.07. The van der Waals surface area contributed by atoms with Crippen LogP contribution in [0.2, 0.25) is 0 Å². The van der Waals surface area contributed by atoms with Gasteiger partial charge in [-0.15, -0.1) is 0 Å². The maximum absolute atomic E-state index is 11.2. The van der Waals surface area contributed by atoms with Crippen molar-refractivity contribution in [3.05, 3.63) is 65.0 Å². The second-order valence-electron chi connectivity index (χ2n) is 4.12. The average molecular weight is 253 g/mol. The summed E-state index contributed by atoms with van der Waals surface area (Å²) in [5, 5.41) is 13.6. The van der Waals surface area contributed by atoms with Crippen molar-refractivity contribution in [3.8, 4) is 5.75 Å². The zero-order valence-corrected chi connectivity index (χ0v) is 9.96. The van der Waals surface area contributed by atoms with Crippen LogP contribution in [0.1, 0.15) is 0 Å². The Kier molecular flexibility index (Phi) is 2.68. The third kappa shape index (κ3) is 2.15. The van der Waals surface area contributed by atoms with Gasteiger partial charge in [-0.1, -0.05) is 24.3 Å². The number of nitrogens with one attached hydrogen (secondary N) is 1. The average Bonchev–Trinajstić information content (AvgIpc) is 2.39. The first-order chi connectivity index (χ1) is 9.24. The lowest BCUT2D eigenvalue weighted by Crippen LogP contribution is -1.97. The van der Waals surface area contributed by atoms with E-state index in [1.54, 1.807) is 12.1 Å². The van der Waals surface area contributed by atoms with Crippen LogP contribution in [0.5, 0.6) is 5.75 Å². The van der Waals surface area contributed by atoms with Crippen LogP contribution in [0.15, 0.2) is 63.8 Å². The fourth-order valence-corrected chi connectivity index (χ4v) is 1.98. The predicted molar refractivity (Wildman–Crippen MR) is 73.9 cm³/mol. The SMILES string of the molecule is O=c1cc(O)c2c(Nc3ccccc3)cccc2o1. The fourth-order valence-electron chi connectivity index (χ4n) is 1.98. The van der Waals surface area contributed by atoms with E-state index in [1.165, 1.54) is 0 Å². The van der Waals surface area contributed by atoms with Crippen molar-refractivity contribution < 1.29 is 9.52 Å². The van der Waals surface area contributed by atoms with Crippen molar-refractivity contribution in [2.45, 2.75) is 0 Å². The molecule has 0 bridgehead atoms. The molecule has 0 atom stereocenters. The molecule has 1 heterocycles. The van der Waals surface area contributed by atoms with E-state index >= 15 is 0 Å². The summed E-state index contributed by atoms with van der Waals surface area (Å²) in [6.07, 6.45) is 0. The van der Waals surface area contributed by atoms with Gasteiger partial charge in [0.05, 0.1) is 17.1 Å². The van der Waals surface area contributed by atoms with Gasteiger partial charge in [-0.25, -0.2) is 4.79 Å². The molecular weight excluding hydrogens is 242 g/mol. The van der Waals surface area contributed by atoms with Gasteiger partial charge in [0.2, 0.25) is 0 Å². The molecule has 0 unspecified atom stereocenters. The van der Waals surface area contributed by atoms with Gasteiger partial charge in [-0.3, -0.25) is 0 Å². The first kappa shape index (κ1) is 11.3. The molecule has 3 aromatic rings. The summed E-state index contributed by atoms with van der Waals surface area (Å²) >= 11 is 0. The Morgan fingerprint density at radius 3 is 2.58 bits per heavy atom. The molecule has 4 nitrogen and oxygen atoms in total. The van der Waals surface area contributed by atoms with Crippen molar-refractivity contribution >= 4 is 22.3 Å². The molecule has 0 radical (unpaired) electrons. The Bertz CT molecular complexity index is 778. The smallest absolute Gasteiger partial charge is 0.339 e. The van der Waals surface area contributed by atoms with E-state index in [-0.39, 0.29) is 5.75 Å². The first-order valence-electron chi connectivity index (χ1n) is 5.82. The molecule has 0 spiro atoms. The summed E-state index contributed by atoms with van der Waals surface area (Å²) in [4.78, 5) is 11.2. The second-order valence-corrected chi connectivity index (χ2v) is 4.12. The molecule has 3 rings (SSSR count). The number of hydrogen-bond donors (Lipinski definition) is 2. The van der Waals surface area contributed by atoms with Crippen LogP contribution in [0.25, 0.3) is 11.0 Å². The first-order valence-corrected chi connectivity index (χ1v) is 5.82. The van der Waals surface area contributed by atoms with Gasteiger partial charge >= 0.3 is 5.63 Å². The number of hydrogen-bond acceptors (Lipinski definition) is 4.